The Morgan fingerprint density at radius 3 is 2.22 bits per heavy atom. The van der Waals surface area contributed by atoms with Crippen LogP contribution >= 0.6 is 0 Å². The molecule has 1 radical (unpaired) electrons. The average molecular weight is 407 g/mol. The first-order valence-electron chi connectivity index (χ1n) is 8.01. The van der Waals surface area contributed by atoms with Gasteiger partial charge < -0.3 is 9.64 Å². The second kappa shape index (κ2) is 8.25. The maximum absolute atomic E-state index is 12.0. The minimum Gasteiger partial charge on any atom is -0.444 e. The van der Waals surface area contributed by atoms with Crippen molar-refractivity contribution in [2.24, 2.45) is 0 Å². The van der Waals surface area contributed by atoms with Gasteiger partial charge in [0.1, 0.15) is 5.60 Å². The third kappa shape index (κ3) is 6.23. The van der Waals surface area contributed by atoms with Gasteiger partial charge in [-0.2, -0.15) is 0 Å². The molecular formula is C18H28N2O2Rh. The summed E-state index contributed by atoms with van der Waals surface area (Å²) in [6.07, 6.45) is -0.196. The fourth-order valence-corrected chi connectivity index (χ4v) is 2.58. The van der Waals surface area contributed by atoms with Crippen LogP contribution in [0.25, 0.3) is 0 Å². The van der Waals surface area contributed by atoms with Gasteiger partial charge in [-0.3, -0.25) is 4.90 Å². The van der Waals surface area contributed by atoms with Gasteiger partial charge in [0.25, 0.3) is 0 Å². The molecule has 0 atom stereocenters. The van der Waals surface area contributed by atoms with Gasteiger partial charge in [0, 0.05) is 52.2 Å². The van der Waals surface area contributed by atoms with Gasteiger partial charge in [-0.1, -0.05) is 18.2 Å². The molecule has 0 N–H and O–H groups in total. The van der Waals surface area contributed by atoms with E-state index in [0.717, 1.165) is 32.7 Å². The van der Waals surface area contributed by atoms with Crippen LogP contribution in [0.15, 0.2) is 18.2 Å². The molecule has 1 heterocycles. The standard InChI is InChI=1S/C18H28N2O2.Rh/c1-14-6-7-16(12-15(14)2)13-19-8-10-20(11-9-19)17(21)22-18(3,4)5;/h6-7,12H,8-11,13H2,1-5H3;. The first-order valence-corrected chi connectivity index (χ1v) is 8.01. The zero-order valence-electron chi connectivity index (χ0n) is 14.8. The third-order valence-electron chi connectivity index (χ3n) is 4.00. The van der Waals surface area contributed by atoms with E-state index in [-0.39, 0.29) is 25.6 Å². The van der Waals surface area contributed by atoms with Crippen molar-refractivity contribution in [3.63, 3.8) is 0 Å². The molecule has 1 aliphatic heterocycles. The van der Waals surface area contributed by atoms with Crippen LogP contribution in [-0.2, 0) is 30.8 Å². The number of benzene rings is 1. The van der Waals surface area contributed by atoms with Crippen LogP contribution in [0.5, 0.6) is 0 Å². The van der Waals surface area contributed by atoms with E-state index in [0.29, 0.717) is 0 Å². The molecule has 1 aliphatic rings. The van der Waals surface area contributed by atoms with Gasteiger partial charge in [-0.15, -0.1) is 0 Å². The molecule has 2 rings (SSSR count). The Morgan fingerprint density at radius 2 is 1.70 bits per heavy atom. The summed E-state index contributed by atoms with van der Waals surface area (Å²) in [6.45, 7) is 14.2. The van der Waals surface area contributed by atoms with E-state index in [2.05, 4.69) is 36.9 Å². The maximum Gasteiger partial charge on any atom is 0.410 e. The van der Waals surface area contributed by atoms with E-state index in [9.17, 15) is 4.79 Å². The number of aryl methyl sites for hydroxylation is 2. The number of hydrogen-bond acceptors (Lipinski definition) is 3. The Morgan fingerprint density at radius 1 is 1.09 bits per heavy atom. The predicted molar refractivity (Wildman–Crippen MR) is 89.0 cm³/mol. The minimum atomic E-state index is -0.423. The summed E-state index contributed by atoms with van der Waals surface area (Å²) in [5.41, 5.74) is 3.59. The van der Waals surface area contributed by atoms with E-state index in [1.165, 1.54) is 16.7 Å². The van der Waals surface area contributed by atoms with Crippen molar-refractivity contribution < 1.29 is 29.0 Å². The fraction of sp³-hybridized carbons (Fsp3) is 0.611. The molecule has 0 saturated carbocycles. The molecule has 0 spiro atoms. The molecule has 0 unspecified atom stereocenters. The number of piperazine rings is 1. The van der Waals surface area contributed by atoms with Gasteiger partial charge in [-0.05, 0) is 51.3 Å². The molecule has 1 aromatic carbocycles. The summed E-state index contributed by atoms with van der Waals surface area (Å²) < 4.78 is 5.43. The zero-order chi connectivity index (χ0) is 16.3. The molecule has 1 aromatic rings. The quantitative estimate of drug-likeness (QED) is 0.705. The van der Waals surface area contributed by atoms with Crippen molar-refractivity contribution >= 4 is 6.09 Å². The van der Waals surface area contributed by atoms with Crippen LogP contribution in [0.3, 0.4) is 0 Å². The van der Waals surface area contributed by atoms with Crippen LogP contribution in [0.1, 0.15) is 37.5 Å². The minimum absolute atomic E-state index is 0. The number of carbonyl (C=O) groups is 1. The number of amides is 1. The molecule has 23 heavy (non-hydrogen) atoms. The normalized spacial score (nSPS) is 16.0. The van der Waals surface area contributed by atoms with Crippen molar-refractivity contribution in [3.8, 4) is 0 Å². The molecule has 0 bridgehead atoms. The summed E-state index contributed by atoms with van der Waals surface area (Å²) in [4.78, 5) is 16.2. The predicted octanol–water partition coefficient (Wildman–Crippen LogP) is 3.35. The molecule has 1 amide bonds. The summed E-state index contributed by atoms with van der Waals surface area (Å²) >= 11 is 0. The second-order valence-electron chi connectivity index (χ2n) is 7.16. The van der Waals surface area contributed by atoms with Crippen molar-refractivity contribution in [1.82, 2.24) is 9.80 Å². The summed E-state index contributed by atoms with van der Waals surface area (Å²) in [7, 11) is 0. The van der Waals surface area contributed by atoms with Gasteiger partial charge in [0.15, 0.2) is 0 Å². The third-order valence-corrected chi connectivity index (χ3v) is 4.00. The Bertz CT molecular complexity index is 532. The topological polar surface area (TPSA) is 32.8 Å². The van der Waals surface area contributed by atoms with Crippen LogP contribution < -0.4 is 0 Å². The molecule has 1 saturated heterocycles. The van der Waals surface area contributed by atoms with E-state index in [4.69, 9.17) is 4.74 Å². The Labute approximate surface area is 152 Å². The van der Waals surface area contributed by atoms with Gasteiger partial charge in [0.05, 0.1) is 0 Å². The molecule has 4 nitrogen and oxygen atoms in total. The van der Waals surface area contributed by atoms with Crippen molar-refractivity contribution in [3.05, 3.63) is 34.9 Å². The van der Waals surface area contributed by atoms with Gasteiger partial charge in [0.2, 0.25) is 0 Å². The van der Waals surface area contributed by atoms with Crippen LogP contribution in [0.4, 0.5) is 4.79 Å². The van der Waals surface area contributed by atoms with Crippen LogP contribution in [0.2, 0.25) is 0 Å². The molecule has 0 aromatic heterocycles. The Balaban J connectivity index is 0.00000264. The first kappa shape index (κ1) is 20.1. The maximum atomic E-state index is 12.0. The van der Waals surface area contributed by atoms with Gasteiger partial charge in [-0.25, -0.2) is 4.79 Å². The van der Waals surface area contributed by atoms with E-state index >= 15 is 0 Å². The largest absolute Gasteiger partial charge is 0.444 e. The number of rotatable bonds is 2. The van der Waals surface area contributed by atoms with Crippen molar-refractivity contribution in [2.75, 3.05) is 26.2 Å². The molecule has 5 heteroatoms. The number of carbonyl (C=O) groups excluding carboxylic acids is 1. The average Bonchev–Trinajstić information content (AvgIpc) is 2.42. The molecule has 131 valence electrons. The summed E-state index contributed by atoms with van der Waals surface area (Å²) in [5, 5.41) is 0. The van der Waals surface area contributed by atoms with Crippen LogP contribution in [-0.4, -0.2) is 47.7 Å². The number of nitrogens with zero attached hydrogens (tertiary/aromatic N) is 2. The van der Waals surface area contributed by atoms with E-state index in [1.54, 1.807) is 0 Å². The fourth-order valence-electron chi connectivity index (χ4n) is 2.58. The number of ether oxygens (including phenoxy) is 1. The first-order chi connectivity index (χ1) is 10.2. The smallest absolute Gasteiger partial charge is 0.410 e. The summed E-state index contributed by atoms with van der Waals surface area (Å²) in [6, 6.07) is 6.64. The monoisotopic (exact) mass is 407 g/mol. The van der Waals surface area contributed by atoms with Gasteiger partial charge >= 0.3 is 6.09 Å². The molecular weight excluding hydrogens is 379 g/mol. The van der Waals surface area contributed by atoms with Crippen LogP contribution in [0, 0.1) is 13.8 Å². The van der Waals surface area contributed by atoms with E-state index in [1.807, 2.05) is 25.7 Å². The second-order valence-corrected chi connectivity index (χ2v) is 7.16. The SMILES string of the molecule is Cc1ccc(CN2CCN(C(=O)OC(C)(C)C)CC2)cc1C.[Rh]. The van der Waals surface area contributed by atoms with Crippen molar-refractivity contribution in [1.29, 1.82) is 0 Å². The molecule has 0 aliphatic carbocycles. The Hall–Kier alpha value is -0.927. The van der Waals surface area contributed by atoms with Crippen molar-refractivity contribution in [2.45, 2.75) is 46.8 Å². The number of hydrogen-bond donors (Lipinski definition) is 0. The Kier molecular flexibility index (Phi) is 7.22. The molecule has 1 fully saturated rings. The van der Waals surface area contributed by atoms with E-state index < -0.39 is 5.60 Å². The zero-order valence-corrected chi connectivity index (χ0v) is 16.5. The summed E-state index contributed by atoms with van der Waals surface area (Å²) in [5.74, 6) is 0.